The minimum Gasteiger partial charge on any atom is -0.367 e. The minimum absolute atomic E-state index is 0.324. The van der Waals surface area contributed by atoms with Crippen LogP contribution in [0, 0.1) is 12.7 Å². The molecule has 3 N–H and O–H groups in total. The molecule has 0 aliphatic heterocycles. The van der Waals surface area contributed by atoms with Crippen molar-refractivity contribution in [3.63, 3.8) is 0 Å². The van der Waals surface area contributed by atoms with Crippen molar-refractivity contribution in [1.29, 1.82) is 0 Å². The first kappa shape index (κ1) is 20.5. The van der Waals surface area contributed by atoms with Gasteiger partial charge in [0, 0.05) is 23.2 Å². The van der Waals surface area contributed by atoms with Crippen molar-refractivity contribution in [3.8, 4) is 0 Å². The van der Waals surface area contributed by atoms with Gasteiger partial charge in [-0.1, -0.05) is 19.1 Å². The van der Waals surface area contributed by atoms with E-state index in [1.807, 2.05) is 6.92 Å². The zero-order valence-electron chi connectivity index (χ0n) is 17.3. The summed E-state index contributed by atoms with van der Waals surface area (Å²) < 4.78 is 16.2. The van der Waals surface area contributed by atoms with Gasteiger partial charge in [-0.05, 0) is 43.9 Å². The molecule has 0 bridgehead atoms. The van der Waals surface area contributed by atoms with E-state index in [-0.39, 0.29) is 5.82 Å². The van der Waals surface area contributed by atoms with Crippen LogP contribution < -0.4 is 16.0 Å². The summed E-state index contributed by atoms with van der Waals surface area (Å²) in [6.45, 7) is 3.52. The first-order chi connectivity index (χ1) is 15.0. The number of carbonyl (C=O) groups excluding carboxylic acids is 2. The van der Waals surface area contributed by atoms with Crippen LogP contribution in [-0.4, -0.2) is 33.0 Å². The van der Waals surface area contributed by atoms with Crippen molar-refractivity contribution in [2.45, 2.75) is 39.2 Å². The van der Waals surface area contributed by atoms with E-state index < -0.39 is 5.91 Å². The molecule has 2 aromatic heterocycles. The van der Waals surface area contributed by atoms with Crippen LogP contribution in [0.5, 0.6) is 0 Å². The van der Waals surface area contributed by atoms with Gasteiger partial charge in [0.25, 0.3) is 5.91 Å². The predicted molar refractivity (Wildman–Crippen MR) is 117 cm³/mol. The second-order valence-corrected chi connectivity index (χ2v) is 7.46. The molecule has 31 heavy (non-hydrogen) atoms. The van der Waals surface area contributed by atoms with Crippen molar-refractivity contribution in [2.75, 3.05) is 10.6 Å². The number of rotatable bonds is 8. The summed E-state index contributed by atoms with van der Waals surface area (Å²) in [6.07, 6.45) is 6.19. The number of hydrogen-bond donors (Lipinski definition) is 3. The molecule has 0 spiro atoms. The molecular formula is C22H23FN6O2. The summed E-state index contributed by atoms with van der Waals surface area (Å²) in [5.74, 6) is 0.362. The summed E-state index contributed by atoms with van der Waals surface area (Å²) in [4.78, 5) is 27.4. The maximum Gasteiger partial charge on any atom is 0.253 e. The Morgan fingerprint density at radius 3 is 2.87 bits per heavy atom. The van der Waals surface area contributed by atoms with E-state index in [9.17, 15) is 14.0 Å². The molecule has 0 atom stereocenters. The van der Waals surface area contributed by atoms with Gasteiger partial charge in [0.2, 0.25) is 6.41 Å². The van der Waals surface area contributed by atoms with E-state index in [1.165, 1.54) is 0 Å². The summed E-state index contributed by atoms with van der Waals surface area (Å²) in [5, 5.41) is 13.0. The molecule has 4 rings (SSSR count). The molecule has 8 nitrogen and oxygen atoms in total. The SMILES string of the molecule is CCC(=Cc1cnn2c(NC3CC3)cc(Nc3cccc(C)c3F)nc12)C(=O)NC=O. The monoisotopic (exact) mass is 422 g/mol. The molecule has 0 unspecified atom stereocenters. The zero-order chi connectivity index (χ0) is 22.0. The Hall–Kier alpha value is -3.75. The van der Waals surface area contributed by atoms with Crippen LogP contribution in [-0.2, 0) is 9.59 Å². The fraction of sp³-hybridized carbons (Fsp3) is 0.273. The molecule has 1 fully saturated rings. The Kier molecular flexibility index (Phi) is 5.66. The largest absolute Gasteiger partial charge is 0.367 e. The van der Waals surface area contributed by atoms with Crippen LogP contribution in [0.1, 0.15) is 37.3 Å². The van der Waals surface area contributed by atoms with Crippen LogP contribution in [0.2, 0.25) is 0 Å². The Bertz CT molecular complexity index is 1180. The van der Waals surface area contributed by atoms with Crippen LogP contribution >= 0.6 is 0 Å². The highest BCUT2D eigenvalue weighted by molar-refractivity contribution is 6.03. The number of hydrogen-bond acceptors (Lipinski definition) is 6. The number of fused-ring (bicyclic) bond motifs is 1. The van der Waals surface area contributed by atoms with E-state index in [0.717, 1.165) is 18.7 Å². The Morgan fingerprint density at radius 1 is 1.35 bits per heavy atom. The number of halogens is 1. The number of carbonyl (C=O) groups is 2. The Morgan fingerprint density at radius 2 is 2.16 bits per heavy atom. The van der Waals surface area contributed by atoms with E-state index in [0.29, 0.717) is 52.7 Å². The maximum atomic E-state index is 14.5. The van der Waals surface area contributed by atoms with Gasteiger partial charge in [-0.2, -0.15) is 9.61 Å². The summed E-state index contributed by atoms with van der Waals surface area (Å²) in [6, 6.07) is 7.27. The standard InChI is InChI=1S/C22H23FN6O2/c1-3-14(22(31)24-12-30)9-15-11-25-29-19(26-16-7-8-16)10-18(28-21(15)29)27-17-6-4-5-13(2)20(17)23/h4-6,9-12,16,26H,3,7-8H2,1-2H3,(H,27,28)(H,24,30,31). The number of anilines is 3. The zero-order valence-corrected chi connectivity index (χ0v) is 17.3. The number of aromatic nitrogens is 3. The van der Waals surface area contributed by atoms with E-state index >= 15 is 0 Å². The molecule has 160 valence electrons. The van der Waals surface area contributed by atoms with Gasteiger partial charge in [0.1, 0.15) is 17.5 Å². The molecular weight excluding hydrogens is 399 g/mol. The fourth-order valence-corrected chi connectivity index (χ4v) is 3.23. The Labute approximate surface area is 178 Å². The fourth-order valence-electron chi connectivity index (χ4n) is 3.23. The van der Waals surface area contributed by atoms with Crippen LogP contribution in [0.4, 0.5) is 21.7 Å². The topological polar surface area (TPSA) is 100 Å². The van der Waals surface area contributed by atoms with E-state index in [1.54, 1.807) is 48.0 Å². The average Bonchev–Trinajstić information content (AvgIpc) is 3.48. The van der Waals surface area contributed by atoms with Gasteiger partial charge in [-0.3, -0.25) is 14.9 Å². The summed E-state index contributed by atoms with van der Waals surface area (Å²) in [5.41, 5.74) is 2.40. The molecule has 2 amide bonds. The molecule has 1 aromatic carbocycles. The van der Waals surface area contributed by atoms with E-state index in [4.69, 9.17) is 0 Å². The average molecular weight is 422 g/mol. The van der Waals surface area contributed by atoms with Crippen molar-refractivity contribution in [1.82, 2.24) is 19.9 Å². The first-order valence-electron chi connectivity index (χ1n) is 10.1. The van der Waals surface area contributed by atoms with E-state index in [2.05, 4.69) is 26.0 Å². The van der Waals surface area contributed by atoms with Gasteiger partial charge in [-0.25, -0.2) is 9.37 Å². The van der Waals surface area contributed by atoms with Gasteiger partial charge in [-0.15, -0.1) is 0 Å². The third kappa shape index (κ3) is 4.40. The number of imide groups is 1. The highest BCUT2D eigenvalue weighted by atomic mass is 19.1. The third-order valence-corrected chi connectivity index (χ3v) is 5.08. The molecule has 2 heterocycles. The highest BCUT2D eigenvalue weighted by Crippen LogP contribution is 2.29. The smallest absolute Gasteiger partial charge is 0.253 e. The second-order valence-electron chi connectivity index (χ2n) is 7.46. The maximum absolute atomic E-state index is 14.5. The van der Waals surface area contributed by atoms with Crippen LogP contribution in [0.15, 0.2) is 36.0 Å². The van der Waals surface area contributed by atoms with Gasteiger partial charge < -0.3 is 10.6 Å². The number of nitrogens with one attached hydrogen (secondary N) is 3. The van der Waals surface area contributed by atoms with Crippen molar-refractivity contribution in [2.24, 2.45) is 0 Å². The number of aryl methyl sites for hydroxylation is 1. The Balaban J connectivity index is 1.78. The summed E-state index contributed by atoms with van der Waals surface area (Å²) >= 11 is 0. The normalized spacial score (nSPS) is 13.8. The molecule has 9 heteroatoms. The highest BCUT2D eigenvalue weighted by Gasteiger charge is 2.23. The molecule has 1 aliphatic carbocycles. The lowest BCUT2D eigenvalue weighted by molar-refractivity contribution is -0.122. The van der Waals surface area contributed by atoms with Crippen molar-refractivity contribution < 1.29 is 14.0 Å². The predicted octanol–water partition coefficient (Wildman–Crippen LogP) is 3.56. The second kappa shape index (κ2) is 8.55. The van der Waals surface area contributed by atoms with Gasteiger partial charge >= 0.3 is 0 Å². The third-order valence-electron chi connectivity index (χ3n) is 5.08. The number of amides is 2. The van der Waals surface area contributed by atoms with Gasteiger partial charge in [0.15, 0.2) is 5.65 Å². The van der Waals surface area contributed by atoms with Crippen LogP contribution in [0.25, 0.3) is 11.7 Å². The quantitative estimate of drug-likeness (QED) is 0.379. The molecule has 0 radical (unpaired) electrons. The lowest BCUT2D eigenvalue weighted by atomic mass is 10.1. The lowest BCUT2D eigenvalue weighted by Crippen LogP contribution is -2.22. The molecule has 3 aromatic rings. The molecule has 0 saturated heterocycles. The van der Waals surface area contributed by atoms with Crippen molar-refractivity contribution in [3.05, 3.63) is 53.0 Å². The van der Waals surface area contributed by atoms with Crippen LogP contribution in [0.3, 0.4) is 0 Å². The molecule has 1 aliphatic rings. The number of nitrogens with zero attached hydrogens (tertiary/aromatic N) is 3. The summed E-state index contributed by atoms with van der Waals surface area (Å²) in [7, 11) is 0. The number of benzene rings is 1. The first-order valence-corrected chi connectivity index (χ1v) is 10.1. The minimum atomic E-state index is -0.468. The lowest BCUT2D eigenvalue weighted by Gasteiger charge is -2.12. The molecule has 1 saturated carbocycles. The van der Waals surface area contributed by atoms with Crippen molar-refractivity contribution >= 4 is 41.4 Å². The van der Waals surface area contributed by atoms with Gasteiger partial charge in [0.05, 0.1) is 11.9 Å².